The molecule has 1 unspecified atom stereocenters. The van der Waals surface area contributed by atoms with Crippen molar-refractivity contribution in [1.29, 1.82) is 0 Å². The van der Waals surface area contributed by atoms with Gasteiger partial charge in [0.1, 0.15) is 11.4 Å². The van der Waals surface area contributed by atoms with E-state index in [2.05, 4.69) is 15.5 Å². The van der Waals surface area contributed by atoms with Gasteiger partial charge in [-0.25, -0.2) is 8.42 Å². The number of aromatic nitrogens is 2. The van der Waals surface area contributed by atoms with E-state index in [0.717, 1.165) is 11.1 Å². The van der Waals surface area contributed by atoms with Gasteiger partial charge in [0.2, 0.25) is 0 Å². The number of amides is 1. The molecule has 2 heterocycles. The Balaban J connectivity index is 1.80. The lowest BCUT2D eigenvalue weighted by atomic mass is 10.0. The van der Waals surface area contributed by atoms with Gasteiger partial charge in [-0.1, -0.05) is 6.07 Å². The Morgan fingerprint density at radius 2 is 2.08 bits per heavy atom. The molecule has 1 amide bonds. The molecular weight excluding hydrogens is 330 g/mol. The maximum Gasteiger partial charge on any atom is 0.269 e. The summed E-state index contributed by atoms with van der Waals surface area (Å²) in [5.41, 5.74) is 3.06. The lowest BCUT2D eigenvalue weighted by molar-refractivity contribution is 0.0936. The third-order valence-corrected chi connectivity index (χ3v) is 5.87. The number of aromatic amines is 1. The van der Waals surface area contributed by atoms with Gasteiger partial charge in [0.05, 0.1) is 17.2 Å². The molecular formula is C16H19N3O4S. The number of sulfone groups is 1. The number of aromatic hydroxyl groups is 1. The van der Waals surface area contributed by atoms with Crippen molar-refractivity contribution in [3.05, 3.63) is 35.0 Å². The first-order valence-electron chi connectivity index (χ1n) is 7.62. The maximum absolute atomic E-state index is 12.2. The van der Waals surface area contributed by atoms with E-state index in [4.69, 9.17) is 0 Å². The topological polar surface area (TPSA) is 112 Å². The fraction of sp³-hybridized carbons (Fsp3) is 0.375. The van der Waals surface area contributed by atoms with Crippen LogP contribution in [0, 0.1) is 13.8 Å². The van der Waals surface area contributed by atoms with Crippen molar-refractivity contribution in [2.75, 3.05) is 11.5 Å². The van der Waals surface area contributed by atoms with E-state index in [1.165, 1.54) is 0 Å². The number of nitrogens with zero attached hydrogens (tertiary/aromatic N) is 1. The summed E-state index contributed by atoms with van der Waals surface area (Å²) in [6, 6.07) is 4.74. The average molecular weight is 349 g/mol. The molecule has 7 nitrogen and oxygen atoms in total. The first kappa shape index (κ1) is 16.5. The van der Waals surface area contributed by atoms with E-state index in [1.54, 1.807) is 12.1 Å². The van der Waals surface area contributed by atoms with Crippen LogP contribution in [0.3, 0.4) is 0 Å². The zero-order valence-corrected chi connectivity index (χ0v) is 14.3. The fourth-order valence-electron chi connectivity index (χ4n) is 3.02. The Bertz CT molecular complexity index is 879. The minimum atomic E-state index is -3.05. The third-order valence-electron chi connectivity index (χ3n) is 4.11. The fourth-order valence-corrected chi connectivity index (χ4v) is 4.69. The SMILES string of the molecule is Cc1cc(C)c(-c2cc(C(=O)NC3CCS(=O)(=O)C3)[nH]n2)c(O)c1. The maximum atomic E-state index is 12.2. The molecule has 2 aromatic rings. The van der Waals surface area contributed by atoms with Crippen molar-refractivity contribution >= 4 is 15.7 Å². The number of carbonyl (C=O) groups is 1. The highest BCUT2D eigenvalue weighted by atomic mass is 32.2. The van der Waals surface area contributed by atoms with Gasteiger partial charge in [0.25, 0.3) is 5.91 Å². The summed E-state index contributed by atoms with van der Waals surface area (Å²) >= 11 is 0. The van der Waals surface area contributed by atoms with Crippen LogP contribution in [-0.4, -0.2) is 47.2 Å². The molecule has 0 bridgehead atoms. The largest absolute Gasteiger partial charge is 0.507 e. The van der Waals surface area contributed by atoms with Crippen LogP contribution in [0.1, 0.15) is 28.0 Å². The molecule has 8 heteroatoms. The molecule has 1 atom stereocenters. The first-order chi connectivity index (χ1) is 11.2. The number of phenols is 1. The van der Waals surface area contributed by atoms with Gasteiger partial charge < -0.3 is 10.4 Å². The van der Waals surface area contributed by atoms with Gasteiger partial charge in [-0.3, -0.25) is 9.89 Å². The van der Waals surface area contributed by atoms with Crippen molar-refractivity contribution in [1.82, 2.24) is 15.5 Å². The molecule has 0 aliphatic carbocycles. The summed E-state index contributed by atoms with van der Waals surface area (Å²) in [6.07, 6.45) is 0.424. The van der Waals surface area contributed by atoms with Crippen LogP contribution in [0.2, 0.25) is 0 Å². The predicted molar refractivity (Wildman–Crippen MR) is 89.7 cm³/mol. The number of hydrogen-bond donors (Lipinski definition) is 3. The molecule has 0 saturated carbocycles. The highest BCUT2D eigenvalue weighted by Crippen LogP contribution is 2.32. The van der Waals surface area contributed by atoms with Crippen molar-refractivity contribution in [2.45, 2.75) is 26.3 Å². The molecule has 1 aromatic carbocycles. The van der Waals surface area contributed by atoms with Crippen LogP contribution in [0.15, 0.2) is 18.2 Å². The molecule has 1 fully saturated rings. The van der Waals surface area contributed by atoms with Crippen LogP contribution >= 0.6 is 0 Å². The number of phenolic OH excluding ortho intramolecular Hbond substituents is 1. The zero-order valence-electron chi connectivity index (χ0n) is 13.5. The van der Waals surface area contributed by atoms with Gasteiger partial charge in [0.15, 0.2) is 9.84 Å². The number of rotatable bonds is 3. The lowest BCUT2D eigenvalue weighted by Crippen LogP contribution is -2.35. The van der Waals surface area contributed by atoms with E-state index in [9.17, 15) is 18.3 Å². The second-order valence-electron chi connectivity index (χ2n) is 6.22. The van der Waals surface area contributed by atoms with Crippen LogP contribution in [0.25, 0.3) is 11.3 Å². The van der Waals surface area contributed by atoms with Crippen LogP contribution in [0.5, 0.6) is 5.75 Å². The summed E-state index contributed by atoms with van der Waals surface area (Å²) in [4.78, 5) is 12.2. The van der Waals surface area contributed by atoms with E-state index < -0.39 is 15.7 Å². The summed E-state index contributed by atoms with van der Waals surface area (Å²) < 4.78 is 22.9. The quantitative estimate of drug-likeness (QED) is 0.773. The first-order valence-corrected chi connectivity index (χ1v) is 9.44. The number of carbonyl (C=O) groups excluding carboxylic acids is 1. The number of aryl methyl sites for hydroxylation is 2. The standard InChI is InChI=1S/C16H19N3O4S/c1-9-5-10(2)15(14(20)6-9)12-7-13(19-18-12)16(21)17-11-3-4-24(22,23)8-11/h5-7,11,20H,3-4,8H2,1-2H3,(H,17,21)(H,18,19). The Morgan fingerprint density at radius 3 is 2.71 bits per heavy atom. The van der Waals surface area contributed by atoms with Crippen molar-refractivity contribution in [3.8, 4) is 17.0 Å². The molecule has 128 valence electrons. The number of benzene rings is 1. The lowest BCUT2D eigenvalue weighted by Gasteiger charge is -2.09. The number of H-pyrrole nitrogens is 1. The van der Waals surface area contributed by atoms with E-state index >= 15 is 0 Å². The van der Waals surface area contributed by atoms with Crippen molar-refractivity contribution < 1.29 is 18.3 Å². The van der Waals surface area contributed by atoms with Crippen molar-refractivity contribution in [3.63, 3.8) is 0 Å². The van der Waals surface area contributed by atoms with Gasteiger partial charge in [-0.2, -0.15) is 5.10 Å². The van der Waals surface area contributed by atoms with Crippen molar-refractivity contribution in [2.24, 2.45) is 0 Å². The average Bonchev–Trinajstić information content (AvgIpc) is 3.05. The summed E-state index contributed by atoms with van der Waals surface area (Å²) in [5.74, 6) is -0.229. The minimum absolute atomic E-state index is 0.0302. The molecule has 1 aliphatic heterocycles. The highest BCUT2D eigenvalue weighted by Gasteiger charge is 2.29. The Labute approximate surface area is 140 Å². The Morgan fingerprint density at radius 1 is 1.33 bits per heavy atom. The van der Waals surface area contributed by atoms with E-state index in [-0.39, 0.29) is 29.0 Å². The van der Waals surface area contributed by atoms with Crippen LogP contribution < -0.4 is 5.32 Å². The monoisotopic (exact) mass is 349 g/mol. The molecule has 1 aromatic heterocycles. The second-order valence-corrected chi connectivity index (χ2v) is 8.44. The number of hydrogen-bond acceptors (Lipinski definition) is 5. The third kappa shape index (κ3) is 3.28. The van der Waals surface area contributed by atoms with Gasteiger partial charge in [0, 0.05) is 11.6 Å². The zero-order chi connectivity index (χ0) is 17.5. The van der Waals surface area contributed by atoms with E-state index in [0.29, 0.717) is 17.7 Å². The molecule has 3 N–H and O–H groups in total. The summed E-state index contributed by atoms with van der Waals surface area (Å²) in [6.45, 7) is 3.75. The molecule has 1 saturated heterocycles. The normalized spacial score (nSPS) is 19.3. The minimum Gasteiger partial charge on any atom is -0.507 e. The molecule has 0 spiro atoms. The van der Waals surface area contributed by atoms with Crippen LogP contribution in [0.4, 0.5) is 0 Å². The van der Waals surface area contributed by atoms with Crippen LogP contribution in [-0.2, 0) is 9.84 Å². The van der Waals surface area contributed by atoms with Gasteiger partial charge >= 0.3 is 0 Å². The van der Waals surface area contributed by atoms with Gasteiger partial charge in [-0.05, 0) is 43.5 Å². The summed E-state index contributed by atoms with van der Waals surface area (Å²) in [7, 11) is -3.05. The second kappa shape index (κ2) is 5.94. The summed E-state index contributed by atoms with van der Waals surface area (Å²) in [5, 5.41) is 19.6. The molecule has 3 rings (SSSR count). The Kier molecular flexibility index (Phi) is 4.08. The predicted octanol–water partition coefficient (Wildman–Crippen LogP) is 1.32. The number of nitrogens with one attached hydrogen (secondary N) is 2. The van der Waals surface area contributed by atoms with E-state index in [1.807, 2.05) is 19.9 Å². The molecule has 1 aliphatic rings. The molecule has 0 radical (unpaired) electrons. The highest BCUT2D eigenvalue weighted by molar-refractivity contribution is 7.91. The Hall–Kier alpha value is -2.35. The van der Waals surface area contributed by atoms with Gasteiger partial charge in [-0.15, -0.1) is 0 Å². The molecule has 24 heavy (non-hydrogen) atoms. The smallest absolute Gasteiger partial charge is 0.269 e.